The van der Waals surface area contributed by atoms with Gasteiger partial charge in [0.15, 0.2) is 11.0 Å². The van der Waals surface area contributed by atoms with Gasteiger partial charge in [-0.1, -0.05) is 30.0 Å². The maximum atomic E-state index is 13.2. The number of nitrogens with zero attached hydrogens (tertiary/aromatic N) is 2. The van der Waals surface area contributed by atoms with Crippen molar-refractivity contribution in [3.8, 4) is 0 Å². The lowest BCUT2D eigenvalue weighted by molar-refractivity contribution is -0.155. The number of nitrogens with one attached hydrogen (secondary N) is 1. The second-order valence-corrected chi connectivity index (χ2v) is 11.4. The number of hydrogen-bond donors (Lipinski definition) is 1. The van der Waals surface area contributed by atoms with Crippen LogP contribution in [-0.2, 0) is 29.1 Å². The molecule has 0 saturated carbocycles. The van der Waals surface area contributed by atoms with E-state index < -0.39 is 32.9 Å². The molecule has 2 aliphatic heterocycles. The zero-order valence-electron chi connectivity index (χ0n) is 18.3. The Balaban J connectivity index is 1.48. The summed E-state index contributed by atoms with van der Waals surface area (Å²) in [7, 11) is -0.842. The molecule has 174 valence electrons. The molecular weight excluding hydrogens is 466 g/mol. The number of ether oxygens (including phenoxy) is 1. The molecule has 1 fully saturated rings. The standard InChI is InChI=1S/C22H23N3O6S2/c1-14(20(27)23-15-7-6-8-16(13-15)33(29,30)24(2)3)31-21(28)22-12-11-19(26)25(22)17-9-4-5-10-18(17)32-22/h4-10,13-14H,11-12H2,1-3H3,(H,23,27)/t14-,22+/m0/s1. The highest BCUT2D eigenvalue weighted by atomic mass is 32.2. The van der Waals surface area contributed by atoms with Crippen molar-refractivity contribution in [1.29, 1.82) is 0 Å². The molecular formula is C22H23N3O6S2. The van der Waals surface area contributed by atoms with E-state index in [-0.39, 0.29) is 29.3 Å². The Labute approximate surface area is 196 Å². The van der Waals surface area contributed by atoms with Crippen LogP contribution in [0.15, 0.2) is 58.3 Å². The van der Waals surface area contributed by atoms with Crippen molar-refractivity contribution in [3.63, 3.8) is 0 Å². The predicted octanol–water partition coefficient (Wildman–Crippen LogP) is 2.44. The largest absolute Gasteiger partial charge is 0.450 e. The molecule has 2 heterocycles. The van der Waals surface area contributed by atoms with Gasteiger partial charge in [0.05, 0.1) is 10.6 Å². The molecule has 0 spiro atoms. The highest BCUT2D eigenvalue weighted by Gasteiger charge is 2.59. The number of carbonyl (C=O) groups excluding carboxylic acids is 3. The third kappa shape index (κ3) is 4.00. The summed E-state index contributed by atoms with van der Waals surface area (Å²) in [5, 5.41) is 2.59. The topological polar surface area (TPSA) is 113 Å². The van der Waals surface area contributed by atoms with Gasteiger partial charge in [-0.2, -0.15) is 0 Å². The van der Waals surface area contributed by atoms with E-state index in [1.165, 1.54) is 55.9 Å². The number of carbonyl (C=O) groups is 3. The van der Waals surface area contributed by atoms with Gasteiger partial charge in [0.1, 0.15) is 0 Å². The van der Waals surface area contributed by atoms with Crippen LogP contribution >= 0.6 is 11.8 Å². The van der Waals surface area contributed by atoms with Crippen LogP contribution in [0.25, 0.3) is 0 Å². The molecule has 0 radical (unpaired) electrons. The summed E-state index contributed by atoms with van der Waals surface area (Å²) in [6, 6.07) is 13.1. The first-order valence-corrected chi connectivity index (χ1v) is 12.5. The molecule has 0 bridgehead atoms. The zero-order valence-corrected chi connectivity index (χ0v) is 19.9. The summed E-state index contributed by atoms with van der Waals surface area (Å²) < 4.78 is 31.2. The van der Waals surface area contributed by atoms with Crippen molar-refractivity contribution in [2.24, 2.45) is 0 Å². The summed E-state index contributed by atoms with van der Waals surface area (Å²) in [5.41, 5.74) is 0.919. The molecule has 9 nitrogen and oxygen atoms in total. The van der Waals surface area contributed by atoms with Crippen molar-refractivity contribution >= 4 is 50.9 Å². The van der Waals surface area contributed by atoms with E-state index in [1.807, 2.05) is 12.1 Å². The molecule has 11 heteroatoms. The Morgan fingerprint density at radius 2 is 1.91 bits per heavy atom. The van der Waals surface area contributed by atoms with E-state index in [9.17, 15) is 22.8 Å². The minimum absolute atomic E-state index is 0.0223. The molecule has 0 unspecified atom stereocenters. The van der Waals surface area contributed by atoms with Crippen LogP contribution in [-0.4, -0.2) is 55.6 Å². The third-order valence-electron chi connectivity index (χ3n) is 5.53. The number of esters is 1. The number of fused-ring (bicyclic) bond motifs is 3. The van der Waals surface area contributed by atoms with Gasteiger partial charge in [0, 0.05) is 37.5 Å². The van der Waals surface area contributed by atoms with Crippen molar-refractivity contribution in [2.45, 2.75) is 40.5 Å². The van der Waals surface area contributed by atoms with Crippen LogP contribution in [0, 0.1) is 0 Å². The summed E-state index contributed by atoms with van der Waals surface area (Å²) >= 11 is 1.26. The fraction of sp³-hybridized carbons (Fsp3) is 0.318. The maximum Gasteiger partial charge on any atom is 0.344 e. The van der Waals surface area contributed by atoms with Crippen LogP contribution in [0.2, 0.25) is 0 Å². The van der Waals surface area contributed by atoms with E-state index in [2.05, 4.69) is 5.32 Å². The Bertz CT molecular complexity index is 1250. The van der Waals surface area contributed by atoms with Crippen LogP contribution in [0.1, 0.15) is 19.8 Å². The number of rotatable bonds is 6. The Morgan fingerprint density at radius 1 is 1.18 bits per heavy atom. The summed E-state index contributed by atoms with van der Waals surface area (Å²) in [4.78, 5) is 39.5. The second kappa shape index (κ2) is 8.47. The molecule has 2 atom stereocenters. The summed E-state index contributed by atoms with van der Waals surface area (Å²) in [6.07, 6.45) is -0.671. The average Bonchev–Trinajstić information content (AvgIpc) is 3.29. The van der Waals surface area contributed by atoms with Gasteiger partial charge < -0.3 is 10.1 Å². The lowest BCUT2D eigenvalue weighted by Gasteiger charge is -2.29. The van der Waals surface area contributed by atoms with Gasteiger partial charge in [0.2, 0.25) is 15.9 Å². The number of amides is 2. The summed E-state index contributed by atoms with van der Waals surface area (Å²) in [5.74, 6) is -1.45. The first kappa shape index (κ1) is 23.3. The Morgan fingerprint density at radius 3 is 2.64 bits per heavy atom. The smallest absolute Gasteiger partial charge is 0.344 e. The van der Waals surface area contributed by atoms with Gasteiger partial charge in [-0.25, -0.2) is 17.5 Å². The fourth-order valence-corrected chi connectivity index (χ4v) is 6.12. The molecule has 2 aromatic rings. The number of anilines is 2. The minimum atomic E-state index is -3.67. The highest BCUT2D eigenvalue weighted by molar-refractivity contribution is 8.02. The molecule has 1 N–H and O–H groups in total. The molecule has 2 aliphatic rings. The van der Waals surface area contributed by atoms with Gasteiger partial charge in [-0.05, 0) is 37.3 Å². The normalized spacial score (nSPS) is 20.4. The number of sulfonamides is 1. The van der Waals surface area contributed by atoms with Crippen molar-refractivity contribution in [2.75, 3.05) is 24.3 Å². The van der Waals surface area contributed by atoms with Crippen LogP contribution in [0.4, 0.5) is 11.4 Å². The molecule has 4 rings (SSSR count). The first-order valence-electron chi connectivity index (χ1n) is 10.2. The molecule has 0 aromatic heterocycles. The fourth-order valence-electron chi connectivity index (χ4n) is 3.77. The molecule has 1 saturated heterocycles. The van der Waals surface area contributed by atoms with E-state index in [1.54, 1.807) is 18.2 Å². The van der Waals surface area contributed by atoms with Gasteiger partial charge >= 0.3 is 5.97 Å². The second-order valence-electron chi connectivity index (χ2n) is 7.94. The molecule has 0 aliphatic carbocycles. The highest BCUT2D eigenvalue weighted by Crippen LogP contribution is 2.56. The van der Waals surface area contributed by atoms with E-state index in [0.29, 0.717) is 5.69 Å². The lowest BCUT2D eigenvalue weighted by atomic mass is 10.2. The van der Waals surface area contributed by atoms with Crippen molar-refractivity contribution in [3.05, 3.63) is 48.5 Å². The van der Waals surface area contributed by atoms with Gasteiger partial charge in [0.25, 0.3) is 5.91 Å². The summed E-state index contributed by atoms with van der Waals surface area (Å²) in [6.45, 7) is 1.43. The van der Waals surface area contributed by atoms with Crippen LogP contribution < -0.4 is 10.2 Å². The maximum absolute atomic E-state index is 13.2. The molecule has 33 heavy (non-hydrogen) atoms. The first-order chi connectivity index (χ1) is 15.6. The number of benzene rings is 2. The van der Waals surface area contributed by atoms with E-state index in [0.717, 1.165) is 9.20 Å². The van der Waals surface area contributed by atoms with Crippen LogP contribution in [0.5, 0.6) is 0 Å². The van der Waals surface area contributed by atoms with Gasteiger partial charge in [-0.15, -0.1) is 0 Å². The average molecular weight is 490 g/mol. The zero-order chi connectivity index (χ0) is 24.0. The number of thioether (sulfide) groups is 1. The molecule has 2 amide bonds. The number of para-hydroxylation sites is 1. The van der Waals surface area contributed by atoms with Crippen LogP contribution in [0.3, 0.4) is 0 Å². The minimum Gasteiger partial charge on any atom is -0.450 e. The van der Waals surface area contributed by atoms with E-state index in [4.69, 9.17) is 4.74 Å². The van der Waals surface area contributed by atoms with E-state index >= 15 is 0 Å². The molecule has 2 aromatic carbocycles. The van der Waals surface area contributed by atoms with Crippen molar-refractivity contribution < 1.29 is 27.5 Å². The van der Waals surface area contributed by atoms with Gasteiger partial charge in [-0.3, -0.25) is 14.5 Å². The Kier molecular flexibility index (Phi) is 5.97. The monoisotopic (exact) mass is 489 g/mol. The quantitative estimate of drug-likeness (QED) is 0.620. The SMILES string of the molecule is C[C@H](OC(=O)[C@]12CCC(=O)N1c1ccccc1S2)C(=O)Nc1cccc(S(=O)(=O)N(C)C)c1. The lowest BCUT2D eigenvalue weighted by Crippen LogP contribution is -2.49. The Hall–Kier alpha value is -2.89. The third-order valence-corrected chi connectivity index (χ3v) is 8.79. The predicted molar refractivity (Wildman–Crippen MR) is 123 cm³/mol. The van der Waals surface area contributed by atoms with Crippen molar-refractivity contribution in [1.82, 2.24) is 4.31 Å². The number of hydrogen-bond acceptors (Lipinski definition) is 7.